The van der Waals surface area contributed by atoms with Crippen molar-refractivity contribution in [1.29, 1.82) is 0 Å². The highest BCUT2D eigenvalue weighted by Crippen LogP contribution is 2.37. The summed E-state index contributed by atoms with van der Waals surface area (Å²) in [6.07, 6.45) is 0. The number of hydrogen-bond acceptors (Lipinski definition) is 3. The molecular formula is C13H13NS2. The van der Waals surface area contributed by atoms with E-state index in [9.17, 15) is 0 Å². The minimum atomic E-state index is 0.810. The fraction of sp³-hybridized carbons (Fsp3) is 0.0769. The van der Waals surface area contributed by atoms with Crippen molar-refractivity contribution in [3.63, 3.8) is 0 Å². The van der Waals surface area contributed by atoms with Gasteiger partial charge in [0.2, 0.25) is 0 Å². The quantitative estimate of drug-likeness (QED) is 0.644. The van der Waals surface area contributed by atoms with Gasteiger partial charge >= 0.3 is 0 Å². The van der Waals surface area contributed by atoms with Gasteiger partial charge in [0.25, 0.3) is 0 Å². The van der Waals surface area contributed by atoms with E-state index in [4.69, 9.17) is 5.73 Å². The predicted molar refractivity (Wildman–Crippen MR) is 73.7 cm³/mol. The maximum Gasteiger partial charge on any atom is 0.0314 e. The monoisotopic (exact) mass is 247 g/mol. The molecule has 0 saturated carbocycles. The van der Waals surface area contributed by atoms with E-state index in [-0.39, 0.29) is 0 Å². The molecule has 82 valence electrons. The Bertz CT molecular complexity index is 403. The van der Waals surface area contributed by atoms with Crippen LogP contribution in [0.3, 0.4) is 0 Å². The minimum absolute atomic E-state index is 0.810. The van der Waals surface area contributed by atoms with E-state index >= 15 is 0 Å². The van der Waals surface area contributed by atoms with Gasteiger partial charge in [-0.2, -0.15) is 0 Å². The third-order valence-corrected chi connectivity index (χ3v) is 4.55. The maximum absolute atomic E-state index is 5.63. The fourth-order valence-electron chi connectivity index (χ4n) is 1.21. The van der Waals surface area contributed by atoms with E-state index < -0.39 is 0 Å². The summed E-state index contributed by atoms with van der Waals surface area (Å²) in [7, 11) is 3.51. The molecule has 2 N–H and O–H groups in total. The minimum Gasteiger partial charge on any atom is -0.399 e. The Morgan fingerprint density at radius 1 is 0.750 bits per heavy atom. The molecular weight excluding hydrogens is 234 g/mol. The molecule has 2 aromatic carbocycles. The summed E-state index contributed by atoms with van der Waals surface area (Å²) in [4.78, 5) is 2.49. The van der Waals surface area contributed by atoms with Gasteiger partial charge in [0.05, 0.1) is 0 Å². The van der Waals surface area contributed by atoms with Gasteiger partial charge in [0, 0.05) is 15.5 Å². The van der Waals surface area contributed by atoms with Crippen LogP contribution in [0.25, 0.3) is 0 Å². The molecule has 2 rings (SSSR count). The van der Waals surface area contributed by atoms with Crippen LogP contribution in [-0.2, 0) is 0 Å². The number of anilines is 1. The molecule has 0 fully saturated rings. The average Bonchev–Trinajstić information content (AvgIpc) is 2.30. The Hall–Kier alpha value is -1.06. The maximum atomic E-state index is 5.63. The number of nitrogens with two attached hydrogens (primary N) is 1. The fourth-order valence-corrected chi connectivity index (χ4v) is 3.14. The highest BCUT2D eigenvalue weighted by molar-refractivity contribution is 8.76. The normalized spacial score (nSPS) is 10.3. The van der Waals surface area contributed by atoms with Crippen molar-refractivity contribution in [1.82, 2.24) is 0 Å². The summed E-state index contributed by atoms with van der Waals surface area (Å²) < 4.78 is 0. The molecule has 0 radical (unpaired) electrons. The molecule has 0 amide bonds. The van der Waals surface area contributed by atoms with Crippen LogP contribution < -0.4 is 5.73 Å². The molecule has 0 atom stereocenters. The molecule has 0 bridgehead atoms. The van der Waals surface area contributed by atoms with Crippen molar-refractivity contribution >= 4 is 27.3 Å². The summed E-state index contributed by atoms with van der Waals surface area (Å²) in [5.74, 6) is 0. The standard InChI is InChI=1S/C13H13NS2/c1-10-2-6-12(7-3-10)15-16-13-8-4-11(14)5-9-13/h2-9H,14H2,1H3. The SMILES string of the molecule is Cc1ccc(SSc2ccc(N)cc2)cc1. The van der Waals surface area contributed by atoms with Crippen molar-refractivity contribution in [3.05, 3.63) is 54.1 Å². The Balaban J connectivity index is 1.97. The van der Waals surface area contributed by atoms with Crippen LogP contribution >= 0.6 is 21.6 Å². The van der Waals surface area contributed by atoms with E-state index in [0.29, 0.717) is 0 Å². The second-order valence-corrected chi connectivity index (χ2v) is 5.82. The molecule has 0 aliphatic heterocycles. The summed E-state index contributed by atoms with van der Waals surface area (Å²) in [5.41, 5.74) is 7.74. The van der Waals surface area contributed by atoms with Gasteiger partial charge < -0.3 is 5.73 Å². The third kappa shape index (κ3) is 3.22. The second kappa shape index (κ2) is 5.32. The molecule has 16 heavy (non-hydrogen) atoms. The smallest absolute Gasteiger partial charge is 0.0314 e. The largest absolute Gasteiger partial charge is 0.399 e. The topological polar surface area (TPSA) is 26.0 Å². The van der Waals surface area contributed by atoms with E-state index in [2.05, 4.69) is 31.2 Å². The van der Waals surface area contributed by atoms with Gasteiger partial charge in [-0.15, -0.1) is 0 Å². The van der Waals surface area contributed by atoms with Crippen molar-refractivity contribution in [2.24, 2.45) is 0 Å². The summed E-state index contributed by atoms with van der Waals surface area (Å²) in [6, 6.07) is 16.5. The lowest BCUT2D eigenvalue weighted by Gasteiger charge is -2.02. The number of nitrogen functional groups attached to an aromatic ring is 1. The first kappa shape index (κ1) is 11.4. The molecule has 0 aromatic heterocycles. The molecule has 0 unspecified atom stereocenters. The molecule has 0 spiro atoms. The first-order chi connectivity index (χ1) is 7.74. The van der Waals surface area contributed by atoms with E-state index in [1.807, 2.05) is 24.3 Å². The van der Waals surface area contributed by atoms with Crippen LogP contribution in [0.1, 0.15) is 5.56 Å². The van der Waals surface area contributed by atoms with Gasteiger partial charge in [-0.1, -0.05) is 39.3 Å². The number of aryl methyl sites for hydroxylation is 1. The molecule has 0 aliphatic rings. The van der Waals surface area contributed by atoms with Crippen molar-refractivity contribution in [2.75, 3.05) is 5.73 Å². The van der Waals surface area contributed by atoms with Crippen molar-refractivity contribution in [2.45, 2.75) is 16.7 Å². The first-order valence-electron chi connectivity index (χ1n) is 5.01. The zero-order valence-corrected chi connectivity index (χ0v) is 10.6. The molecule has 0 aliphatic carbocycles. The average molecular weight is 247 g/mol. The summed E-state index contributed by atoms with van der Waals surface area (Å²) >= 11 is 0. The van der Waals surface area contributed by atoms with E-state index in [1.165, 1.54) is 15.4 Å². The van der Waals surface area contributed by atoms with Gasteiger partial charge in [0.1, 0.15) is 0 Å². The van der Waals surface area contributed by atoms with Crippen LogP contribution in [0.4, 0.5) is 5.69 Å². The lowest BCUT2D eigenvalue weighted by Crippen LogP contribution is -1.81. The molecule has 2 aromatic rings. The molecule has 0 saturated heterocycles. The van der Waals surface area contributed by atoms with E-state index in [1.54, 1.807) is 21.6 Å². The summed E-state index contributed by atoms with van der Waals surface area (Å²) in [5, 5.41) is 0. The highest BCUT2D eigenvalue weighted by atomic mass is 33.1. The second-order valence-electron chi connectivity index (χ2n) is 3.55. The lowest BCUT2D eigenvalue weighted by molar-refractivity contribution is 1.38. The van der Waals surface area contributed by atoms with Crippen LogP contribution in [0.15, 0.2) is 58.3 Å². The van der Waals surface area contributed by atoms with Gasteiger partial charge in [-0.3, -0.25) is 0 Å². The van der Waals surface area contributed by atoms with Gasteiger partial charge in [0.15, 0.2) is 0 Å². The Morgan fingerprint density at radius 2 is 1.19 bits per heavy atom. The van der Waals surface area contributed by atoms with Gasteiger partial charge in [-0.05, 0) is 43.3 Å². The van der Waals surface area contributed by atoms with Crippen molar-refractivity contribution < 1.29 is 0 Å². The Labute approximate surface area is 104 Å². The Kier molecular flexibility index (Phi) is 3.80. The number of hydrogen-bond donors (Lipinski definition) is 1. The van der Waals surface area contributed by atoms with Crippen LogP contribution in [-0.4, -0.2) is 0 Å². The van der Waals surface area contributed by atoms with Gasteiger partial charge in [-0.25, -0.2) is 0 Å². The zero-order chi connectivity index (χ0) is 11.4. The number of rotatable bonds is 3. The highest BCUT2D eigenvalue weighted by Gasteiger charge is 1.97. The van der Waals surface area contributed by atoms with E-state index in [0.717, 1.165) is 5.69 Å². The summed E-state index contributed by atoms with van der Waals surface area (Å²) in [6.45, 7) is 2.10. The van der Waals surface area contributed by atoms with Crippen LogP contribution in [0.2, 0.25) is 0 Å². The predicted octanol–water partition coefficient (Wildman–Crippen LogP) is 4.38. The zero-order valence-electron chi connectivity index (χ0n) is 9.01. The molecule has 3 heteroatoms. The van der Waals surface area contributed by atoms with Crippen LogP contribution in [0.5, 0.6) is 0 Å². The Morgan fingerprint density at radius 3 is 1.69 bits per heavy atom. The molecule has 1 nitrogen and oxygen atoms in total. The third-order valence-electron chi connectivity index (χ3n) is 2.14. The lowest BCUT2D eigenvalue weighted by atomic mass is 10.2. The first-order valence-corrected chi connectivity index (χ1v) is 7.16. The number of benzene rings is 2. The molecule has 0 heterocycles. The van der Waals surface area contributed by atoms with Crippen LogP contribution in [0, 0.1) is 6.92 Å². The van der Waals surface area contributed by atoms with Crippen molar-refractivity contribution in [3.8, 4) is 0 Å².